The lowest BCUT2D eigenvalue weighted by atomic mass is 10.1. The predicted molar refractivity (Wildman–Crippen MR) is 81.9 cm³/mol. The van der Waals surface area contributed by atoms with Crippen LogP contribution in [0.25, 0.3) is 0 Å². The summed E-state index contributed by atoms with van der Waals surface area (Å²) >= 11 is 0. The van der Waals surface area contributed by atoms with Crippen LogP contribution in [0.3, 0.4) is 0 Å². The fourth-order valence-corrected chi connectivity index (χ4v) is 2.89. The van der Waals surface area contributed by atoms with Gasteiger partial charge in [0.15, 0.2) is 0 Å². The summed E-state index contributed by atoms with van der Waals surface area (Å²) in [5.41, 5.74) is 0.999. The summed E-state index contributed by atoms with van der Waals surface area (Å²) < 4.78 is 47.6. The molecule has 0 aromatic heterocycles. The topological polar surface area (TPSA) is 33.7 Å². The van der Waals surface area contributed by atoms with Crippen molar-refractivity contribution in [2.75, 3.05) is 40.4 Å². The Labute approximate surface area is 134 Å². The van der Waals surface area contributed by atoms with Gasteiger partial charge in [-0.3, -0.25) is 4.90 Å². The smallest absolute Gasteiger partial charge is 0.401 e. The first-order valence-corrected chi connectivity index (χ1v) is 7.62. The van der Waals surface area contributed by atoms with E-state index in [0.29, 0.717) is 26.2 Å². The standard InChI is InChI=1S/C16H23F3N2O2/c1-22-14-4-3-13(15(7-14)23-2)9-20-8-12-5-6-21(10-12)11-16(17,18)19/h3-4,7,12,20H,5-6,8-11H2,1-2H3. The second-order valence-corrected chi connectivity index (χ2v) is 5.81. The highest BCUT2D eigenvalue weighted by atomic mass is 19.4. The number of methoxy groups -OCH3 is 2. The van der Waals surface area contributed by atoms with E-state index in [1.165, 1.54) is 4.90 Å². The van der Waals surface area contributed by atoms with Crippen molar-refractivity contribution in [1.29, 1.82) is 0 Å². The maximum Gasteiger partial charge on any atom is 0.401 e. The van der Waals surface area contributed by atoms with E-state index in [0.717, 1.165) is 23.5 Å². The quantitative estimate of drug-likeness (QED) is 0.832. The van der Waals surface area contributed by atoms with Gasteiger partial charge >= 0.3 is 6.18 Å². The SMILES string of the molecule is COc1ccc(CNCC2CCN(CC(F)(F)F)C2)c(OC)c1. The number of nitrogens with zero attached hydrogens (tertiary/aromatic N) is 1. The van der Waals surface area contributed by atoms with Crippen LogP contribution in [0.1, 0.15) is 12.0 Å². The maximum absolute atomic E-state index is 12.4. The van der Waals surface area contributed by atoms with Crippen LogP contribution in [0.15, 0.2) is 18.2 Å². The van der Waals surface area contributed by atoms with Crippen molar-refractivity contribution in [2.45, 2.75) is 19.1 Å². The first kappa shape index (κ1) is 17.9. The molecule has 0 amide bonds. The summed E-state index contributed by atoms with van der Waals surface area (Å²) in [5.74, 6) is 1.72. The molecule has 23 heavy (non-hydrogen) atoms. The lowest BCUT2D eigenvalue weighted by Gasteiger charge is -2.18. The zero-order chi connectivity index (χ0) is 16.9. The zero-order valence-corrected chi connectivity index (χ0v) is 13.4. The summed E-state index contributed by atoms with van der Waals surface area (Å²) in [6.07, 6.45) is -3.32. The Morgan fingerprint density at radius 3 is 2.70 bits per heavy atom. The Bertz CT molecular complexity index is 509. The largest absolute Gasteiger partial charge is 0.497 e. The number of rotatable bonds is 7. The van der Waals surface area contributed by atoms with E-state index in [9.17, 15) is 13.2 Å². The molecule has 1 fully saturated rings. The highest BCUT2D eigenvalue weighted by molar-refractivity contribution is 5.40. The minimum atomic E-state index is -4.11. The second-order valence-electron chi connectivity index (χ2n) is 5.81. The molecule has 1 aliphatic rings. The molecule has 2 rings (SSSR count). The van der Waals surface area contributed by atoms with Gasteiger partial charge in [-0.1, -0.05) is 6.07 Å². The Kier molecular flexibility index (Phi) is 6.12. The van der Waals surface area contributed by atoms with E-state index in [1.807, 2.05) is 18.2 Å². The molecule has 7 heteroatoms. The van der Waals surface area contributed by atoms with Crippen LogP contribution in [0, 0.1) is 5.92 Å². The Morgan fingerprint density at radius 2 is 2.04 bits per heavy atom. The number of hydrogen-bond donors (Lipinski definition) is 1. The van der Waals surface area contributed by atoms with E-state index >= 15 is 0 Å². The molecule has 0 aliphatic carbocycles. The van der Waals surface area contributed by atoms with Crippen molar-refractivity contribution in [2.24, 2.45) is 5.92 Å². The minimum absolute atomic E-state index is 0.251. The molecule has 0 saturated carbocycles. The molecule has 0 bridgehead atoms. The first-order chi connectivity index (χ1) is 10.9. The molecule has 1 N–H and O–H groups in total. The highest BCUT2D eigenvalue weighted by Gasteiger charge is 2.34. The number of hydrogen-bond acceptors (Lipinski definition) is 4. The summed E-state index contributed by atoms with van der Waals surface area (Å²) in [7, 11) is 3.20. The predicted octanol–water partition coefficient (Wildman–Crippen LogP) is 2.68. The van der Waals surface area contributed by atoms with Gasteiger partial charge in [-0.2, -0.15) is 13.2 Å². The first-order valence-electron chi connectivity index (χ1n) is 7.62. The lowest BCUT2D eigenvalue weighted by molar-refractivity contribution is -0.143. The van der Waals surface area contributed by atoms with E-state index < -0.39 is 12.7 Å². The molecular formula is C16H23F3N2O2. The molecule has 1 unspecified atom stereocenters. The van der Waals surface area contributed by atoms with Crippen LogP contribution in [0.2, 0.25) is 0 Å². The zero-order valence-electron chi connectivity index (χ0n) is 13.4. The van der Waals surface area contributed by atoms with E-state index in [-0.39, 0.29) is 5.92 Å². The summed E-state index contributed by atoms with van der Waals surface area (Å²) in [6.45, 7) is 1.51. The van der Waals surface area contributed by atoms with Crippen LogP contribution < -0.4 is 14.8 Å². The third-order valence-corrected chi connectivity index (χ3v) is 4.02. The number of benzene rings is 1. The third kappa shape index (κ3) is 5.58. The molecular weight excluding hydrogens is 309 g/mol. The van der Waals surface area contributed by atoms with Gasteiger partial charge in [0.2, 0.25) is 0 Å². The van der Waals surface area contributed by atoms with Crippen molar-refractivity contribution >= 4 is 0 Å². The fourth-order valence-electron chi connectivity index (χ4n) is 2.89. The number of ether oxygens (including phenoxy) is 2. The molecule has 4 nitrogen and oxygen atoms in total. The van der Waals surface area contributed by atoms with Crippen LogP contribution in [-0.4, -0.2) is 51.5 Å². The molecule has 0 spiro atoms. The van der Waals surface area contributed by atoms with E-state index in [2.05, 4.69) is 5.32 Å². The van der Waals surface area contributed by atoms with Gasteiger partial charge in [0, 0.05) is 24.7 Å². The van der Waals surface area contributed by atoms with E-state index in [4.69, 9.17) is 9.47 Å². The average Bonchev–Trinajstić information content (AvgIpc) is 2.92. The average molecular weight is 332 g/mol. The molecule has 1 aliphatic heterocycles. The van der Waals surface area contributed by atoms with Crippen molar-refractivity contribution in [3.63, 3.8) is 0 Å². The second kappa shape index (κ2) is 7.88. The summed E-state index contributed by atoms with van der Waals surface area (Å²) in [4.78, 5) is 1.47. The van der Waals surface area contributed by atoms with Gasteiger partial charge in [-0.25, -0.2) is 0 Å². The van der Waals surface area contributed by atoms with Gasteiger partial charge in [0.1, 0.15) is 11.5 Å². The molecule has 130 valence electrons. The Morgan fingerprint density at radius 1 is 1.26 bits per heavy atom. The van der Waals surface area contributed by atoms with Gasteiger partial charge in [0.25, 0.3) is 0 Å². The number of alkyl halides is 3. The van der Waals surface area contributed by atoms with Crippen molar-refractivity contribution in [3.8, 4) is 11.5 Å². The normalized spacial score (nSPS) is 19.1. The van der Waals surface area contributed by atoms with Crippen LogP contribution >= 0.6 is 0 Å². The summed E-state index contributed by atoms with van der Waals surface area (Å²) in [6, 6.07) is 5.60. The molecule has 1 heterocycles. The Hall–Kier alpha value is -1.47. The lowest BCUT2D eigenvalue weighted by Crippen LogP contribution is -2.33. The molecule has 1 saturated heterocycles. The third-order valence-electron chi connectivity index (χ3n) is 4.02. The summed E-state index contributed by atoms with van der Waals surface area (Å²) in [5, 5.41) is 3.31. The van der Waals surface area contributed by atoms with Crippen LogP contribution in [0.4, 0.5) is 13.2 Å². The van der Waals surface area contributed by atoms with Crippen LogP contribution in [-0.2, 0) is 6.54 Å². The van der Waals surface area contributed by atoms with Gasteiger partial charge < -0.3 is 14.8 Å². The van der Waals surface area contributed by atoms with Gasteiger partial charge in [-0.15, -0.1) is 0 Å². The van der Waals surface area contributed by atoms with Crippen molar-refractivity contribution < 1.29 is 22.6 Å². The molecule has 0 radical (unpaired) electrons. The maximum atomic E-state index is 12.4. The highest BCUT2D eigenvalue weighted by Crippen LogP contribution is 2.25. The van der Waals surface area contributed by atoms with E-state index in [1.54, 1.807) is 14.2 Å². The Balaban J connectivity index is 1.78. The monoisotopic (exact) mass is 332 g/mol. The molecule has 1 aromatic carbocycles. The fraction of sp³-hybridized carbons (Fsp3) is 0.625. The van der Waals surface area contributed by atoms with Gasteiger partial charge in [-0.05, 0) is 31.5 Å². The molecule has 1 aromatic rings. The number of nitrogens with one attached hydrogen (secondary N) is 1. The number of likely N-dealkylation sites (tertiary alicyclic amines) is 1. The van der Waals surface area contributed by atoms with Crippen molar-refractivity contribution in [3.05, 3.63) is 23.8 Å². The van der Waals surface area contributed by atoms with Crippen molar-refractivity contribution in [1.82, 2.24) is 10.2 Å². The van der Waals surface area contributed by atoms with Gasteiger partial charge in [0.05, 0.1) is 20.8 Å². The molecule has 1 atom stereocenters. The number of halogens is 3. The minimum Gasteiger partial charge on any atom is -0.497 e. The van der Waals surface area contributed by atoms with Crippen LogP contribution in [0.5, 0.6) is 11.5 Å².